The number of carbonyl (C=O) groups is 1. The minimum atomic E-state index is -0.465. The van der Waals surface area contributed by atoms with E-state index in [1.54, 1.807) is 0 Å². The van der Waals surface area contributed by atoms with E-state index in [4.69, 9.17) is 4.74 Å². The highest BCUT2D eigenvalue weighted by atomic mass is 32.1. The van der Waals surface area contributed by atoms with E-state index in [-0.39, 0.29) is 52.6 Å². The summed E-state index contributed by atoms with van der Waals surface area (Å²) in [5.74, 6) is 1.48. The molecule has 1 aliphatic heterocycles. The fourth-order valence-electron chi connectivity index (χ4n) is 3.88. The summed E-state index contributed by atoms with van der Waals surface area (Å²) in [5, 5.41) is 0. The van der Waals surface area contributed by atoms with Gasteiger partial charge in [-0.25, -0.2) is 9.78 Å². The first kappa shape index (κ1) is 24.5. The van der Waals surface area contributed by atoms with Crippen LogP contribution in [0.5, 0.6) is 0 Å². The van der Waals surface area contributed by atoms with Crippen LogP contribution in [0.25, 0.3) is 0 Å². The zero-order valence-electron chi connectivity index (χ0n) is 15.6. The third-order valence-electron chi connectivity index (χ3n) is 4.73. The quantitative estimate of drug-likeness (QED) is 0.755. The summed E-state index contributed by atoms with van der Waals surface area (Å²) in [5.41, 5.74) is 0.571. The highest BCUT2D eigenvalue weighted by Crippen LogP contribution is 2.46. The van der Waals surface area contributed by atoms with Gasteiger partial charge in [-0.15, -0.1) is 0 Å². The van der Waals surface area contributed by atoms with Gasteiger partial charge in [0.05, 0.1) is 6.04 Å². The predicted octanol–water partition coefficient (Wildman–Crippen LogP) is 4.30. The van der Waals surface area contributed by atoms with E-state index < -0.39 is 5.60 Å². The molecule has 2 fully saturated rings. The molecule has 146 valence electrons. The van der Waals surface area contributed by atoms with Gasteiger partial charge in [0.25, 0.3) is 0 Å². The van der Waals surface area contributed by atoms with Crippen LogP contribution >= 0.6 is 40.5 Å². The number of aromatic amines is 1. The molecule has 8 heteroatoms. The number of nitrogens with one attached hydrogen (secondary N) is 1. The van der Waals surface area contributed by atoms with E-state index in [0.717, 1.165) is 24.4 Å². The molecule has 1 aromatic rings. The number of likely N-dealkylation sites (tertiary alicyclic amines) is 1. The average Bonchev–Trinajstić information content (AvgIpc) is 2.99. The summed E-state index contributed by atoms with van der Waals surface area (Å²) in [6, 6.07) is 0.329. The van der Waals surface area contributed by atoms with Crippen molar-refractivity contribution in [1.82, 2.24) is 14.9 Å². The van der Waals surface area contributed by atoms with Crippen LogP contribution in [-0.4, -0.2) is 32.6 Å². The number of fused-ring (bicyclic) bond motifs is 1. The molecular weight excluding hydrogens is 374 g/mol. The molecule has 0 radical (unpaired) electrons. The van der Waals surface area contributed by atoms with E-state index in [1.165, 1.54) is 19.3 Å². The molecule has 0 spiro atoms. The van der Waals surface area contributed by atoms with Gasteiger partial charge < -0.3 is 9.72 Å². The largest absolute Gasteiger partial charge is 0.444 e. The van der Waals surface area contributed by atoms with Gasteiger partial charge in [-0.2, -0.15) is 40.5 Å². The lowest BCUT2D eigenvalue weighted by molar-refractivity contribution is 0.00950. The van der Waals surface area contributed by atoms with Crippen molar-refractivity contribution in [1.29, 1.82) is 0 Å². The molecular formula is C17H33N3O2S3. The Hall–Kier alpha value is -0.470. The second-order valence-electron chi connectivity index (χ2n) is 7.70. The van der Waals surface area contributed by atoms with Crippen LogP contribution in [0.2, 0.25) is 0 Å². The van der Waals surface area contributed by atoms with Gasteiger partial charge in [-0.3, -0.25) is 4.90 Å². The Kier molecular flexibility index (Phi) is 9.28. The van der Waals surface area contributed by atoms with Gasteiger partial charge in [-0.05, 0) is 52.9 Å². The standard InChI is InChI=1S/C17H27N3O2.3H2S/c1-11-10-18-15(19-11)14-9-12-7-5-6-8-13(12)20(14)16(21)22-17(2,3)4;;;/h10,12-14H,5-9H2,1-4H3,(H,18,19);3*1H2/t12-,13-,14-;;;/m0.../s1. The van der Waals surface area contributed by atoms with E-state index in [0.29, 0.717) is 12.0 Å². The molecule has 25 heavy (non-hydrogen) atoms. The van der Waals surface area contributed by atoms with E-state index in [1.807, 2.05) is 38.8 Å². The number of hydrogen-bond acceptors (Lipinski definition) is 3. The van der Waals surface area contributed by atoms with Crippen LogP contribution in [0.15, 0.2) is 6.20 Å². The van der Waals surface area contributed by atoms with Crippen LogP contribution in [0.4, 0.5) is 4.79 Å². The topological polar surface area (TPSA) is 58.2 Å². The lowest BCUT2D eigenvalue weighted by Crippen LogP contribution is -2.43. The number of hydrogen-bond donors (Lipinski definition) is 1. The Morgan fingerprint density at radius 2 is 1.88 bits per heavy atom. The summed E-state index contributed by atoms with van der Waals surface area (Å²) in [6.07, 6.45) is 7.40. The summed E-state index contributed by atoms with van der Waals surface area (Å²) >= 11 is 0. The molecule has 1 saturated heterocycles. The number of H-pyrrole nitrogens is 1. The number of aryl methyl sites for hydroxylation is 1. The van der Waals surface area contributed by atoms with Crippen molar-refractivity contribution >= 4 is 46.6 Å². The Morgan fingerprint density at radius 1 is 1.24 bits per heavy atom. The molecule has 1 aromatic heterocycles. The summed E-state index contributed by atoms with van der Waals surface area (Å²) in [7, 11) is 0. The minimum Gasteiger partial charge on any atom is -0.444 e. The number of nitrogens with zero attached hydrogens (tertiary/aromatic N) is 2. The summed E-state index contributed by atoms with van der Waals surface area (Å²) in [6.45, 7) is 7.76. The molecule has 3 atom stereocenters. The van der Waals surface area contributed by atoms with Gasteiger partial charge in [0.1, 0.15) is 11.4 Å². The van der Waals surface area contributed by atoms with Crippen LogP contribution in [0, 0.1) is 12.8 Å². The number of aromatic nitrogens is 2. The van der Waals surface area contributed by atoms with Crippen LogP contribution < -0.4 is 0 Å². The first-order chi connectivity index (χ1) is 10.3. The Balaban J connectivity index is 0.00000192. The third kappa shape index (κ3) is 5.50. The molecule has 1 aliphatic carbocycles. The fourth-order valence-corrected chi connectivity index (χ4v) is 3.88. The number of carbonyl (C=O) groups excluding carboxylic acids is 1. The maximum atomic E-state index is 12.8. The summed E-state index contributed by atoms with van der Waals surface area (Å²) < 4.78 is 5.67. The van der Waals surface area contributed by atoms with Crippen molar-refractivity contribution < 1.29 is 9.53 Å². The average molecular weight is 408 g/mol. The normalized spacial score (nSPS) is 25.1. The Morgan fingerprint density at radius 3 is 2.44 bits per heavy atom. The van der Waals surface area contributed by atoms with Crippen LogP contribution in [-0.2, 0) is 4.74 Å². The van der Waals surface area contributed by atoms with Crippen molar-refractivity contribution in [2.24, 2.45) is 5.92 Å². The van der Waals surface area contributed by atoms with E-state index in [9.17, 15) is 4.79 Å². The van der Waals surface area contributed by atoms with Crippen molar-refractivity contribution in [3.05, 3.63) is 17.7 Å². The van der Waals surface area contributed by atoms with Gasteiger partial charge in [0.15, 0.2) is 0 Å². The van der Waals surface area contributed by atoms with Gasteiger partial charge in [-0.1, -0.05) is 12.8 Å². The third-order valence-corrected chi connectivity index (χ3v) is 4.73. The second-order valence-corrected chi connectivity index (χ2v) is 7.70. The lowest BCUT2D eigenvalue weighted by Gasteiger charge is -2.34. The molecule has 2 aliphatic rings. The zero-order chi connectivity index (χ0) is 15.9. The second kappa shape index (κ2) is 9.46. The molecule has 3 rings (SSSR count). The maximum absolute atomic E-state index is 12.8. The molecule has 1 saturated carbocycles. The molecule has 1 N–H and O–H groups in total. The van der Waals surface area contributed by atoms with Gasteiger partial charge in [0, 0.05) is 17.9 Å². The van der Waals surface area contributed by atoms with Crippen molar-refractivity contribution in [3.63, 3.8) is 0 Å². The van der Waals surface area contributed by atoms with Gasteiger partial charge >= 0.3 is 6.09 Å². The molecule has 2 heterocycles. The monoisotopic (exact) mass is 407 g/mol. The SMILES string of the molecule is Cc1cnc([C@@H]2C[C@@H]3CCCC[C@@H]3N2C(=O)OC(C)(C)C)[nH]1.S.S.S. The molecule has 0 unspecified atom stereocenters. The van der Waals surface area contributed by atoms with Crippen molar-refractivity contribution in [2.45, 2.75) is 77.5 Å². The van der Waals surface area contributed by atoms with E-state index in [2.05, 4.69) is 9.97 Å². The maximum Gasteiger partial charge on any atom is 0.411 e. The first-order valence-electron chi connectivity index (χ1n) is 8.38. The molecule has 0 bridgehead atoms. The molecule has 1 amide bonds. The Labute approximate surface area is 172 Å². The predicted molar refractivity (Wildman–Crippen MR) is 116 cm³/mol. The number of rotatable bonds is 1. The van der Waals surface area contributed by atoms with Crippen LogP contribution in [0.1, 0.15) is 70.4 Å². The highest BCUT2D eigenvalue weighted by Gasteiger charge is 2.47. The number of amides is 1. The number of ether oxygens (including phenoxy) is 1. The van der Waals surface area contributed by atoms with Gasteiger partial charge in [0.2, 0.25) is 0 Å². The smallest absolute Gasteiger partial charge is 0.411 e. The highest BCUT2D eigenvalue weighted by molar-refractivity contribution is 7.59. The lowest BCUT2D eigenvalue weighted by atomic mass is 9.85. The molecule has 0 aromatic carbocycles. The van der Waals surface area contributed by atoms with Crippen LogP contribution in [0.3, 0.4) is 0 Å². The fraction of sp³-hybridized carbons (Fsp3) is 0.765. The molecule has 5 nitrogen and oxygen atoms in total. The first-order valence-corrected chi connectivity index (χ1v) is 8.38. The van der Waals surface area contributed by atoms with Crippen molar-refractivity contribution in [3.8, 4) is 0 Å². The number of imidazole rings is 1. The van der Waals surface area contributed by atoms with Crippen molar-refractivity contribution in [2.75, 3.05) is 0 Å². The Bertz CT molecular complexity index is 560. The minimum absolute atomic E-state index is 0. The van der Waals surface area contributed by atoms with E-state index >= 15 is 0 Å². The zero-order valence-corrected chi connectivity index (χ0v) is 18.6. The summed E-state index contributed by atoms with van der Waals surface area (Å²) in [4.78, 5) is 22.5.